The van der Waals surface area contributed by atoms with Gasteiger partial charge in [0, 0.05) is 26.2 Å². The molecule has 3 N–H and O–H groups in total. The normalized spacial score (nSPS) is 16.2. The van der Waals surface area contributed by atoms with Gasteiger partial charge in [-0.15, -0.1) is 0 Å². The summed E-state index contributed by atoms with van der Waals surface area (Å²) in [7, 11) is 0. The van der Waals surface area contributed by atoms with Crippen molar-refractivity contribution in [3.8, 4) is 0 Å². The van der Waals surface area contributed by atoms with Crippen molar-refractivity contribution in [3.05, 3.63) is 11.6 Å². The largest absolute Gasteiger partial charge is 0.396 e. The Kier molecular flexibility index (Phi) is 10.0. The Bertz CT molecular complexity index is 373. The molecule has 0 unspecified atom stereocenters. The smallest absolute Gasteiger partial charge is 0.191 e. The first-order chi connectivity index (χ1) is 11.2. The first-order valence-corrected chi connectivity index (χ1v) is 9.50. The van der Waals surface area contributed by atoms with Gasteiger partial charge in [0.25, 0.3) is 0 Å². The lowest BCUT2D eigenvalue weighted by molar-refractivity contribution is 0.175. The standard InChI is InChI=1S/C19H37N3O/c1-4-19(5-2,13-15-23)16-22-18(20-6-3)21-14-12-17-10-8-7-9-11-17/h10,23H,4-9,11-16H2,1-3H3,(H2,20,21,22). The van der Waals surface area contributed by atoms with Gasteiger partial charge in [-0.3, -0.25) is 4.99 Å². The van der Waals surface area contributed by atoms with Gasteiger partial charge in [0.1, 0.15) is 0 Å². The molecule has 1 aliphatic carbocycles. The second kappa shape index (κ2) is 11.5. The van der Waals surface area contributed by atoms with Crippen LogP contribution in [0.15, 0.2) is 16.6 Å². The summed E-state index contributed by atoms with van der Waals surface area (Å²) in [5.74, 6) is 0.910. The molecule has 0 saturated carbocycles. The van der Waals surface area contributed by atoms with E-state index in [1.807, 2.05) is 0 Å². The highest BCUT2D eigenvalue weighted by Crippen LogP contribution is 2.30. The van der Waals surface area contributed by atoms with Crippen molar-refractivity contribution in [2.45, 2.75) is 72.1 Å². The molecule has 1 aliphatic rings. The van der Waals surface area contributed by atoms with E-state index in [9.17, 15) is 5.11 Å². The summed E-state index contributed by atoms with van der Waals surface area (Å²) in [6, 6.07) is 0. The van der Waals surface area contributed by atoms with Crippen LogP contribution in [-0.4, -0.2) is 37.3 Å². The van der Waals surface area contributed by atoms with Crippen LogP contribution >= 0.6 is 0 Å². The zero-order valence-electron chi connectivity index (χ0n) is 15.5. The highest BCUT2D eigenvalue weighted by atomic mass is 16.3. The first kappa shape index (κ1) is 20.0. The van der Waals surface area contributed by atoms with Crippen LogP contribution in [0.3, 0.4) is 0 Å². The monoisotopic (exact) mass is 323 g/mol. The van der Waals surface area contributed by atoms with Gasteiger partial charge in [0.15, 0.2) is 5.96 Å². The predicted molar refractivity (Wildman–Crippen MR) is 99.9 cm³/mol. The minimum absolute atomic E-state index is 0.128. The van der Waals surface area contributed by atoms with Crippen LogP contribution in [0.2, 0.25) is 0 Å². The Labute approximate surface area is 142 Å². The molecule has 0 bridgehead atoms. The third kappa shape index (κ3) is 7.38. The second-order valence-electron chi connectivity index (χ2n) is 6.66. The number of aliphatic hydroxyl groups is 1. The van der Waals surface area contributed by atoms with E-state index in [4.69, 9.17) is 4.99 Å². The summed E-state index contributed by atoms with van der Waals surface area (Å²) in [6.07, 6.45) is 11.7. The Morgan fingerprint density at radius 1 is 1.22 bits per heavy atom. The molecule has 0 amide bonds. The van der Waals surface area contributed by atoms with Crippen molar-refractivity contribution in [1.82, 2.24) is 10.6 Å². The van der Waals surface area contributed by atoms with Crippen LogP contribution in [0.4, 0.5) is 0 Å². The molecule has 0 aromatic carbocycles. The third-order valence-corrected chi connectivity index (χ3v) is 5.18. The number of hydrogen-bond acceptors (Lipinski definition) is 2. The van der Waals surface area contributed by atoms with E-state index in [0.717, 1.165) is 51.3 Å². The molecule has 0 aromatic heterocycles. The van der Waals surface area contributed by atoms with Crippen molar-refractivity contribution < 1.29 is 5.11 Å². The number of nitrogens with one attached hydrogen (secondary N) is 2. The zero-order valence-corrected chi connectivity index (χ0v) is 15.5. The number of allylic oxidation sites excluding steroid dienone is 1. The first-order valence-electron chi connectivity index (χ1n) is 9.50. The maximum atomic E-state index is 9.33. The molecule has 134 valence electrons. The van der Waals surface area contributed by atoms with E-state index in [0.29, 0.717) is 0 Å². The molecule has 1 rings (SSSR count). The van der Waals surface area contributed by atoms with Gasteiger partial charge in [-0.2, -0.15) is 0 Å². The van der Waals surface area contributed by atoms with Crippen LogP contribution < -0.4 is 10.6 Å². The van der Waals surface area contributed by atoms with E-state index < -0.39 is 0 Å². The van der Waals surface area contributed by atoms with E-state index in [1.165, 1.54) is 25.7 Å². The molecule has 23 heavy (non-hydrogen) atoms. The van der Waals surface area contributed by atoms with Crippen LogP contribution in [-0.2, 0) is 0 Å². The molecule has 4 heteroatoms. The number of hydrogen-bond donors (Lipinski definition) is 3. The minimum Gasteiger partial charge on any atom is -0.396 e. The maximum Gasteiger partial charge on any atom is 0.191 e. The van der Waals surface area contributed by atoms with Crippen molar-refractivity contribution >= 4 is 5.96 Å². The molecular formula is C19H37N3O. The van der Waals surface area contributed by atoms with Gasteiger partial charge in [-0.05, 0) is 63.7 Å². The molecule has 0 fully saturated rings. The second-order valence-corrected chi connectivity index (χ2v) is 6.66. The van der Waals surface area contributed by atoms with E-state index in [1.54, 1.807) is 5.57 Å². The lowest BCUT2D eigenvalue weighted by Crippen LogP contribution is -2.39. The lowest BCUT2D eigenvalue weighted by Gasteiger charge is -2.29. The molecule has 0 spiro atoms. The minimum atomic E-state index is 0.128. The van der Waals surface area contributed by atoms with Crippen molar-refractivity contribution in [3.63, 3.8) is 0 Å². The van der Waals surface area contributed by atoms with Crippen LogP contribution in [0.25, 0.3) is 0 Å². The zero-order chi connectivity index (χ0) is 17.0. The lowest BCUT2D eigenvalue weighted by atomic mass is 9.79. The summed E-state index contributed by atoms with van der Waals surface area (Å²) in [4.78, 5) is 4.79. The number of rotatable bonds is 10. The topological polar surface area (TPSA) is 56.7 Å². The van der Waals surface area contributed by atoms with Gasteiger partial charge in [-0.1, -0.05) is 25.5 Å². The molecule has 4 nitrogen and oxygen atoms in total. The maximum absolute atomic E-state index is 9.33. The van der Waals surface area contributed by atoms with Gasteiger partial charge >= 0.3 is 0 Å². The quantitative estimate of drug-likeness (QED) is 0.327. The highest BCUT2D eigenvalue weighted by molar-refractivity contribution is 5.79. The summed E-state index contributed by atoms with van der Waals surface area (Å²) >= 11 is 0. The van der Waals surface area contributed by atoms with Crippen LogP contribution in [0, 0.1) is 5.41 Å². The molecule has 0 radical (unpaired) electrons. The van der Waals surface area contributed by atoms with Crippen molar-refractivity contribution in [2.24, 2.45) is 10.4 Å². The molecule has 0 aromatic rings. The highest BCUT2D eigenvalue weighted by Gasteiger charge is 2.25. The molecule has 0 atom stereocenters. The molecule has 0 saturated heterocycles. The van der Waals surface area contributed by atoms with Gasteiger partial charge in [0.2, 0.25) is 0 Å². The number of aliphatic imine (C=N–C) groups is 1. The van der Waals surface area contributed by atoms with Crippen LogP contribution in [0.1, 0.15) is 72.1 Å². The number of nitrogens with zero attached hydrogens (tertiary/aromatic N) is 1. The Morgan fingerprint density at radius 3 is 2.57 bits per heavy atom. The fraction of sp³-hybridized carbons (Fsp3) is 0.842. The van der Waals surface area contributed by atoms with E-state index in [2.05, 4.69) is 37.5 Å². The fourth-order valence-electron chi connectivity index (χ4n) is 3.21. The summed E-state index contributed by atoms with van der Waals surface area (Å²) < 4.78 is 0. The SMILES string of the molecule is CCNC(=NCC(CC)(CC)CCO)NCCC1=CCCCC1. The van der Waals surface area contributed by atoms with Crippen LogP contribution in [0.5, 0.6) is 0 Å². The molecule has 0 heterocycles. The summed E-state index contributed by atoms with van der Waals surface area (Å²) in [5, 5.41) is 16.1. The predicted octanol–water partition coefficient (Wildman–Crippen LogP) is 3.62. The Balaban J connectivity index is 2.52. The van der Waals surface area contributed by atoms with Crippen molar-refractivity contribution in [1.29, 1.82) is 0 Å². The number of aliphatic hydroxyl groups excluding tert-OH is 1. The fourth-order valence-corrected chi connectivity index (χ4v) is 3.21. The van der Waals surface area contributed by atoms with Gasteiger partial charge in [-0.25, -0.2) is 0 Å². The Morgan fingerprint density at radius 2 is 2.00 bits per heavy atom. The molecule has 0 aliphatic heterocycles. The van der Waals surface area contributed by atoms with Crippen molar-refractivity contribution in [2.75, 3.05) is 26.2 Å². The molecular weight excluding hydrogens is 286 g/mol. The third-order valence-electron chi connectivity index (χ3n) is 5.18. The van der Waals surface area contributed by atoms with Gasteiger partial charge in [0.05, 0.1) is 0 Å². The summed E-state index contributed by atoms with van der Waals surface area (Å²) in [6.45, 7) is 9.34. The van der Waals surface area contributed by atoms with E-state index >= 15 is 0 Å². The Hall–Kier alpha value is -1.03. The average Bonchev–Trinajstić information content (AvgIpc) is 2.59. The average molecular weight is 324 g/mol. The van der Waals surface area contributed by atoms with Gasteiger partial charge < -0.3 is 15.7 Å². The summed E-state index contributed by atoms with van der Waals surface area (Å²) in [5.41, 5.74) is 1.72. The number of guanidine groups is 1. The van der Waals surface area contributed by atoms with E-state index in [-0.39, 0.29) is 12.0 Å².